The van der Waals surface area contributed by atoms with Crippen LogP contribution in [0.2, 0.25) is 0 Å². The van der Waals surface area contributed by atoms with Crippen molar-refractivity contribution in [2.45, 2.75) is 33.4 Å². The Kier molecular flexibility index (Phi) is 5.98. The highest BCUT2D eigenvalue weighted by atomic mass is 32.1. The molecular formula is C13H21N3O2S. The van der Waals surface area contributed by atoms with E-state index in [-0.39, 0.29) is 11.9 Å². The second kappa shape index (κ2) is 7.25. The average Bonchev–Trinajstić information content (AvgIpc) is 2.86. The van der Waals surface area contributed by atoms with Gasteiger partial charge in [0.2, 0.25) is 11.8 Å². The fraction of sp³-hybridized carbons (Fsp3) is 0.538. The van der Waals surface area contributed by atoms with Crippen molar-refractivity contribution in [3.05, 3.63) is 21.9 Å². The summed E-state index contributed by atoms with van der Waals surface area (Å²) in [6.07, 6.45) is 0. The van der Waals surface area contributed by atoms with Crippen molar-refractivity contribution in [1.82, 2.24) is 10.2 Å². The molecule has 1 rings (SSSR count). The van der Waals surface area contributed by atoms with E-state index in [1.54, 1.807) is 16.3 Å². The fourth-order valence-corrected chi connectivity index (χ4v) is 2.58. The van der Waals surface area contributed by atoms with Crippen molar-refractivity contribution >= 4 is 23.2 Å². The van der Waals surface area contributed by atoms with E-state index < -0.39 is 5.91 Å². The SMILES string of the molecule is CCN(CC)C(=O)C(C)NCc1cc(C(N)=O)cs1. The smallest absolute Gasteiger partial charge is 0.249 e. The standard InChI is InChI=1S/C13H21N3O2S/c1-4-16(5-2)13(18)9(3)15-7-11-6-10(8-19-11)12(14)17/h6,8-9,15H,4-5,7H2,1-3H3,(H2,14,17). The molecule has 0 aliphatic carbocycles. The monoisotopic (exact) mass is 283 g/mol. The quantitative estimate of drug-likeness (QED) is 0.789. The molecule has 1 aromatic heterocycles. The lowest BCUT2D eigenvalue weighted by Gasteiger charge is -2.23. The van der Waals surface area contributed by atoms with Crippen LogP contribution in [-0.2, 0) is 11.3 Å². The minimum absolute atomic E-state index is 0.0941. The van der Waals surface area contributed by atoms with Gasteiger partial charge in [-0.1, -0.05) is 0 Å². The number of hydrogen-bond donors (Lipinski definition) is 2. The molecule has 1 unspecified atom stereocenters. The summed E-state index contributed by atoms with van der Waals surface area (Å²) >= 11 is 1.46. The molecule has 0 saturated heterocycles. The number of likely N-dealkylation sites (N-methyl/N-ethyl adjacent to an activating group) is 1. The number of nitrogens with two attached hydrogens (primary N) is 1. The summed E-state index contributed by atoms with van der Waals surface area (Å²) < 4.78 is 0. The zero-order valence-electron chi connectivity index (χ0n) is 11.6. The van der Waals surface area contributed by atoms with Crippen LogP contribution in [0.5, 0.6) is 0 Å². The Balaban J connectivity index is 2.51. The number of amides is 2. The average molecular weight is 283 g/mol. The number of carbonyl (C=O) groups excluding carboxylic acids is 2. The van der Waals surface area contributed by atoms with E-state index in [9.17, 15) is 9.59 Å². The number of rotatable bonds is 7. The molecule has 1 heterocycles. The Labute approximate surface area is 117 Å². The molecule has 6 heteroatoms. The Morgan fingerprint density at radius 1 is 1.42 bits per heavy atom. The van der Waals surface area contributed by atoms with E-state index in [1.165, 1.54) is 11.3 Å². The predicted octanol–water partition coefficient (Wildman–Crippen LogP) is 1.19. The van der Waals surface area contributed by atoms with Gasteiger partial charge in [0, 0.05) is 29.9 Å². The summed E-state index contributed by atoms with van der Waals surface area (Å²) in [5.74, 6) is -0.327. The van der Waals surface area contributed by atoms with Crippen LogP contribution in [0, 0.1) is 0 Å². The molecule has 1 aromatic rings. The molecule has 0 radical (unpaired) electrons. The first-order valence-corrected chi connectivity index (χ1v) is 7.26. The lowest BCUT2D eigenvalue weighted by molar-refractivity contribution is -0.132. The Morgan fingerprint density at radius 3 is 2.53 bits per heavy atom. The van der Waals surface area contributed by atoms with Crippen LogP contribution < -0.4 is 11.1 Å². The normalized spacial score (nSPS) is 12.2. The van der Waals surface area contributed by atoms with Gasteiger partial charge in [-0.3, -0.25) is 9.59 Å². The van der Waals surface area contributed by atoms with E-state index in [4.69, 9.17) is 5.73 Å². The van der Waals surface area contributed by atoms with Crippen LogP contribution in [0.4, 0.5) is 0 Å². The molecular weight excluding hydrogens is 262 g/mol. The second-order valence-electron chi connectivity index (χ2n) is 4.28. The molecule has 0 spiro atoms. The van der Waals surface area contributed by atoms with Gasteiger partial charge in [0.15, 0.2) is 0 Å². The summed E-state index contributed by atoms with van der Waals surface area (Å²) in [5, 5.41) is 4.90. The summed E-state index contributed by atoms with van der Waals surface area (Å²) in [6.45, 7) is 7.77. The van der Waals surface area contributed by atoms with Crippen molar-refractivity contribution in [3.63, 3.8) is 0 Å². The Morgan fingerprint density at radius 2 is 2.05 bits per heavy atom. The molecule has 0 saturated carbocycles. The molecule has 0 fully saturated rings. The van der Waals surface area contributed by atoms with E-state index in [0.29, 0.717) is 25.2 Å². The molecule has 19 heavy (non-hydrogen) atoms. The summed E-state index contributed by atoms with van der Waals surface area (Å²) in [7, 11) is 0. The van der Waals surface area contributed by atoms with E-state index in [2.05, 4.69) is 5.32 Å². The fourth-order valence-electron chi connectivity index (χ4n) is 1.75. The van der Waals surface area contributed by atoms with Crippen molar-refractivity contribution < 1.29 is 9.59 Å². The first-order valence-electron chi connectivity index (χ1n) is 6.38. The zero-order valence-corrected chi connectivity index (χ0v) is 12.4. The third-order valence-electron chi connectivity index (χ3n) is 2.97. The number of nitrogens with one attached hydrogen (secondary N) is 1. The van der Waals surface area contributed by atoms with Gasteiger partial charge in [-0.25, -0.2) is 0 Å². The van der Waals surface area contributed by atoms with Crippen LogP contribution in [0.15, 0.2) is 11.4 Å². The van der Waals surface area contributed by atoms with Crippen LogP contribution in [-0.4, -0.2) is 35.8 Å². The maximum atomic E-state index is 12.0. The lowest BCUT2D eigenvalue weighted by Crippen LogP contribution is -2.44. The summed E-state index contributed by atoms with van der Waals surface area (Å²) in [6, 6.07) is 1.52. The van der Waals surface area contributed by atoms with Crippen molar-refractivity contribution in [2.24, 2.45) is 5.73 Å². The van der Waals surface area contributed by atoms with Crippen LogP contribution in [0.3, 0.4) is 0 Å². The van der Waals surface area contributed by atoms with E-state index in [1.807, 2.05) is 20.8 Å². The van der Waals surface area contributed by atoms with Gasteiger partial charge in [0.1, 0.15) is 0 Å². The van der Waals surface area contributed by atoms with Crippen molar-refractivity contribution in [2.75, 3.05) is 13.1 Å². The molecule has 2 amide bonds. The molecule has 0 aliphatic heterocycles. The third kappa shape index (κ3) is 4.33. The molecule has 106 valence electrons. The van der Waals surface area contributed by atoms with Gasteiger partial charge < -0.3 is 16.0 Å². The zero-order chi connectivity index (χ0) is 14.4. The highest BCUT2D eigenvalue weighted by Gasteiger charge is 2.17. The van der Waals surface area contributed by atoms with Gasteiger partial charge >= 0.3 is 0 Å². The number of hydrogen-bond acceptors (Lipinski definition) is 4. The summed E-state index contributed by atoms with van der Waals surface area (Å²) in [4.78, 5) is 25.8. The minimum Gasteiger partial charge on any atom is -0.366 e. The van der Waals surface area contributed by atoms with Crippen LogP contribution >= 0.6 is 11.3 Å². The molecule has 5 nitrogen and oxygen atoms in total. The molecule has 0 aliphatic rings. The van der Waals surface area contributed by atoms with Gasteiger partial charge in [-0.05, 0) is 26.8 Å². The van der Waals surface area contributed by atoms with Gasteiger partial charge in [-0.2, -0.15) is 0 Å². The summed E-state index contributed by atoms with van der Waals surface area (Å²) in [5.41, 5.74) is 5.71. The first-order chi connectivity index (χ1) is 8.99. The Bertz CT molecular complexity index is 441. The van der Waals surface area contributed by atoms with Crippen LogP contribution in [0.1, 0.15) is 36.0 Å². The third-order valence-corrected chi connectivity index (χ3v) is 3.90. The second-order valence-corrected chi connectivity index (χ2v) is 5.27. The number of primary amides is 1. The largest absolute Gasteiger partial charge is 0.366 e. The number of thiophene rings is 1. The van der Waals surface area contributed by atoms with Crippen LogP contribution in [0.25, 0.3) is 0 Å². The molecule has 1 atom stereocenters. The Hall–Kier alpha value is -1.40. The minimum atomic E-state index is -0.422. The lowest BCUT2D eigenvalue weighted by atomic mass is 10.2. The highest BCUT2D eigenvalue weighted by Crippen LogP contribution is 2.14. The highest BCUT2D eigenvalue weighted by molar-refractivity contribution is 7.10. The van der Waals surface area contributed by atoms with Gasteiger partial charge in [-0.15, -0.1) is 11.3 Å². The number of carbonyl (C=O) groups is 2. The predicted molar refractivity (Wildman–Crippen MR) is 77.1 cm³/mol. The molecule has 0 bridgehead atoms. The first kappa shape index (κ1) is 15.7. The molecule has 3 N–H and O–H groups in total. The topological polar surface area (TPSA) is 75.4 Å². The van der Waals surface area contributed by atoms with Crippen molar-refractivity contribution in [1.29, 1.82) is 0 Å². The van der Waals surface area contributed by atoms with Gasteiger partial charge in [0.05, 0.1) is 11.6 Å². The maximum Gasteiger partial charge on any atom is 0.249 e. The van der Waals surface area contributed by atoms with E-state index >= 15 is 0 Å². The van der Waals surface area contributed by atoms with Gasteiger partial charge in [0.25, 0.3) is 0 Å². The van der Waals surface area contributed by atoms with E-state index in [0.717, 1.165) is 4.88 Å². The number of nitrogens with zero attached hydrogens (tertiary/aromatic N) is 1. The molecule has 0 aromatic carbocycles. The maximum absolute atomic E-state index is 12.0. The van der Waals surface area contributed by atoms with Crippen molar-refractivity contribution in [3.8, 4) is 0 Å².